The average molecular weight is 208 g/mol. The molecule has 0 saturated carbocycles. The fourth-order valence-electron chi connectivity index (χ4n) is 1.41. The molecule has 82 valence electrons. The van der Waals surface area contributed by atoms with Crippen molar-refractivity contribution in [1.29, 1.82) is 0 Å². The van der Waals surface area contributed by atoms with E-state index in [-0.39, 0.29) is 11.6 Å². The third-order valence-electron chi connectivity index (χ3n) is 2.27. The Balaban J connectivity index is 3.04. The van der Waals surface area contributed by atoms with Crippen LogP contribution in [0.1, 0.15) is 29.3 Å². The highest BCUT2D eigenvalue weighted by Gasteiger charge is 2.20. The first-order valence-corrected chi connectivity index (χ1v) is 4.89. The van der Waals surface area contributed by atoms with Gasteiger partial charge in [-0.25, -0.2) is 4.98 Å². The first-order chi connectivity index (χ1) is 7.10. The monoisotopic (exact) mass is 208 g/mol. The van der Waals surface area contributed by atoms with Crippen molar-refractivity contribution in [2.45, 2.75) is 26.4 Å². The Bertz CT molecular complexity index is 360. The van der Waals surface area contributed by atoms with Crippen molar-refractivity contribution in [3.63, 3.8) is 0 Å². The van der Waals surface area contributed by atoms with Gasteiger partial charge in [-0.15, -0.1) is 0 Å². The number of hydrogen-bond donors (Lipinski definition) is 1. The van der Waals surface area contributed by atoms with Crippen LogP contribution in [0, 0.1) is 6.92 Å². The third-order valence-corrected chi connectivity index (χ3v) is 2.27. The molecule has 0 fully saturated rings. The summed E-state index contributed by atoms with van der Waals surface area (Å²) in [6.07, 6.45) is 1.83. The minimum atomic E-state index is -0.434. The van der Waals surface area contributed by atoms with E-state index in [4.69, 9.17) is 10.5 Å². The highest BCUT2D eigenvalue weighted by atomic mass is 16.5. The number of rotatable bonds is 4. The maximum Gasteiger partial charge on any atom is 0.195 e. The molecule has 0 amide bonds. The van der Waals surface area contributed by atoms with E-state index in [2.05, 4.69) is 4.98 Å². The number of nitrogen functional groups attached to an aromatic ring is 1. The van der Waals surface area contributed by atoms with Crippen LogP contribution in [0.25, 0.3) is 0 Å². The Kier molecular flexibility index (Phi) is 3.80. The van der Waals surface area contributed by atoms with E-state index in [0.29, 0.717) is 12.0 Å². The lowest BCUT2D eigenvalue weighted by atomic mass is 10.0. The molecule has 1 aromatic heterocycles. The second-order valence-corrected chi connectivity index (χ2v) is 3.44. The van der Waals surface area contributed by atoms with Crippen LogP contribution in [0.4, 0.5) is 5.82 Å². The highest BCUT2D eigenvalue weighted by Crippen LogP contribution is 2.15. The predicted molar refractivity (Wildman–Crippen MR) is 58.8 cm³/mol. The number of aromatic nitrogens is 1. The summed E-state index contributed by atoms with van der Waals surface area (Å²) in [4.78, 5) is 15.9. The quantitative estimate of drug-likeness (QED) is 0.763. The molecular weight excluding hydrogens is 192 g/mol. The lowest BCUT2D eigenvalue weighted by Gasteiger charge is -2.12. The molecule has 0 radical (unpaired) electrons. The summed E-state index contributed by atoms with van der Waals surface area (Å²) in [6.45, 7) is 3.77. The maximum atomic E-state index is 11.9. The molecule has 1 atom stereocenters. The number of Topliss-reactive ketones (excluding diaryl/α,β-unsaturated/α-hetero) is 1. The first-order valence-electron chi connectivity index (χ1n) is 4.89. The van der Waals surface area contributed by atoms with Gasteiger partial charge in [-0.05, 0) is 25.0 Å². The van der Waals surface area contributed by atoms with Gasteiger partial charge in [-0.3, -0.25) is 4.79 Å². The molecule has 0 bridgehead atoms. The fourth-order valence-corrected chi connectivity index (χ4v) is 1.41. The Morgan fingerprint density at radius 2 is 2.33 bits per heavy atom. The molecule has 2 N–H and O–H groups in total. The molecule has 0 aliphatic heterocycles. The second kappa shape index (κ2) is 4.89. The van der Waals surface area contributed by atoms with Crippen LogP contribution in [0.5, 0.6) is 0 Å². The fraction of sp³-hybridized carbons (Fsp3) is 0.455. The van der Waals surface area contributed by atoms with E-state index in [0.717, 1.165) is 5.56 Å². The molecule has 0 spiro atoms. The number of carbonyl (C=O) groups excluding carboxylic acids is 1. The zero-order valence-electron chi connectivity index (χ0n) is 9.28. The zero-order valence-corrected chi connectivity index (χ0v) is 9.28. The van der Waals surface area contributed by atoms with Crippen LogP contribution in [0.3, 0.4) is 0 Å². The van der Waals surface area contributed by atoms with Crippen LogP contribution in [0.15, 0.2) is 12.3 Å². The number of carbonyl (C=O) groups is 1. The van der Waals surface area contributed by atoms with Gasteiger partial charge in [0.15, 0.2) is 5.78 Å². The number of ether oxygens (including phenoxy) is 1. The Morgan fingerprint density at radius 3 is 2.87 bits per heavy atom. The highest BCUT2D eigenvalue weighted by molar-refractivity contribution is 6.03. The molecule has 0 aliphatic carbocycles. The number of pyridine rings is 1. The first kappa shape index (κ1) is 11.7. The van der Waals surface area contributed by atoms with Crippen molar-refractivity contribution < 1.29 is 9.53 Å². The van der Waals surface area contributed by atoms with Gasteiger partial charge in [-0.1, -0.05) is 6.92 Å². The Morgan fingerprint density at radius 1 is 1.67 bits per heavy atom. The molecule has 0 aliphatic rings. The maximum absolute atomic E-state index is 11.9. The van der Waals surface area contributed by atoms with E-state index >= 15 is 0 Å². The van der Waals surface area contributed by atoms with Gasteiger partial charge in [0.1, 0.15) is 11.9 Å². The topological polar surface area (TPSA) is 65.2 Å². The van der Waals surface area contributed by atoms with Crippen LogP contribution in [-0.2, 0) is 4.74 Å². The van der Waals surface area contributed by atoms with Crippen LogP contribution in [0.2, 0.25) is 0 Å². The van der Waals surface area contributed by atoms with Gasteiger partial charge in [-0.2, -0.15) is 0 Å². The molecule has 1 rings (SSSR count). The summed E-state index contributed by atoms with van der Waals surface area (Å²) in [7, 11) is 1.52. The summed E-state index contributed by atoms with van der Waals surface area (Å²) >= 11 is 0. The molecule has 4 nitrogen and oxygen atoms in total. The van der Waals surface area contributed by atoms with Crippen molar-refractivity contribution in [3.05, 3.63) is 23.4 Å². The van der Waals surface area contributed by atoms with Crippen molar-refractivity contribution in [3.8, 4) is 0 Å². The molecule has 4 heteroatoms. The number of anilines is 1. The Labute approximate surface area is 89.5 Å². The zero-order chi connectivity index (χ0) is 11.4. The van der Waals surface area contributed by atoms with E-state index in [9.17, 15) is 4.79 Å². The SMILES string of the molecule is CCC(OC)C(=O)c1cc(C)cnc1N. The third kappa shape index (κ3) is 2.53. The molecule has 15 heavy (non-hydrogen) atoms. The van der Waals surface area contributed by atoms with Crippen molar-refractivity contribution in [2.75, 3.05) is 12.8 Å². The van der Waals surface area contributed by atoms with Gasteiger partial charge in [0, 0.05) is 13.3 Å². The summed E-state index contributed by atoms with van der Waals surface area (Å²) in [5, 5.41) is 0. The standard InChI is InChI=1S/C11H16N2O2/c1-4-9(15-3)10(14)8-5-7(2)6-13-11(8)12/h5-6,9H,4H2,1-3H3,(H2,12,13). The summed E-state index contributed by atoms with van der Waals surface area (Å²) in [6, 6.07) is 1.74. The van der Waals surface area contributed by atoms with Crippen LogP contribution >= 0.6 is 0 Å². The normalized spacial score (nSPS) is 12.5. The van der Waals surface area contributed by atoms with Crippen molar-refractivity contribution in [2.24, 2.45) is 0 Å². The average Bonchev–Trinajstić information content (AvgIpc) is 2.23. The van der Waals surface area contributed by atoms with Gasteiger partial charge in [0.25, 0.3) is 0 Å². The lowest BCUT2D eigenvalue weighted by Crippen LogP contribution is -2.23. The largest absolute Gasteiger partial charge is 0.383 e. The lowest BCUT2D eigenvalue weighted by molar-refractivity contribution is 0.0596. The predicted octanol–water partition coefficient (Wildman–Crippen LogP) is 1.58. The summed E-state index contributed by atoms with van der Waals surface area (Å²) < 4.78 is 5.08. The van der Waals surface area contributed by atoms with Crippen LogP contribution in [-0.4, -0.2) is 24.0 Å². The minimum Gasteiger partial charge on any atom is -0.383 e. The van der Waals surface area contributed by atoms with E-state index in [1.54, 1.807) is 12.3 Å². The van der Waals surface area contributed by atoms with Gasteiger partial charge < -0.3 is 10.5 Å². The summed E-state index contributed by atoms with van der Waals surface area (Å²) in [5.41, 5.74) is 7.01. The van der Waals surface area contributed by atoms with E-state index in [1.807, 2.05) is 13.8 Å². The number of ketones is 1. The number of nitrogens with two attached hydrogens (primary N) is 1. The summed E-state index contributed by atoms with van der Waals surface area (Å²) in [5.74, 6) is 0.162. The number of hydrogen-bond acceptors (Lipinski definition) is 4. The van der Waals surface area contributed by atoms with E-state index in [1.165, 1.54) is 7.11 Å². The minimum absolute atomic E-state index is 0.103. The van der Waals surface area contributed by atoms with Crippen molar-refractivity contribution >= 4 is 11.6 Å². The van der Waals surface area contributed by atoms with Crippen LogP contribution < -0.4 is 5.73 Å². The molecule has 0 aromatic carbocycles. The van der Waals surface area contributed by atoms with Crippen molar-refractivity contribution in [1.82, 2.24) is 4.98 Å². The second-order valence-electron chi connectivity index (χ2n) is 3.44. The van der Waals surface area contributed by atoms with Gasteiger partial charge in [0.2, 0.25) is 0 Å². The van der Waals surface area contributed by atoms with E-state index < -0.39 is 6.10 Å². The smallest absolute Gasteiger partial charge is 0.195 e. The molecule has 0 saturated heterocycles. The number of aryl methyl sites for hydroxylation is 1. The molecule has 1 heterocycles. The molecule has 1 aromatic rings. The number of methoxy groups -OCH3 is 1. The Hall–Kier alpha value is -1.42. The van der Waals surface area contributed by atoms with Gasteiger partial charge in [0.05, 0.1) is 5.56 Å². The number of nitrogens with zero attached hydrogens (tertiary/aromatic N) is 1. The molecular formula is C11H16N2O2. The van der Waals surface area contributed by atoms with Gasteiger partial charge >= 0.3 is 0 Å². The molecule has 1 unspecified atom stereocenters.